The van der Waals surface area contributed by atoms with E-state index in [-0.39, 0.29) is 28.8 Å². The van der Waals surface area contributed by atoms with Crippen LogP contribution in [0, 0.1) is 11.7 Å². The van der Waals surface area contributed by atoms with E-state index in [2.05, 4.69) is 4.72 Å². The van der Waals surface area contributed by atoms with E-state index in [9.17, 15) is 27.5 Å². The van der Waals surface area contributed by atoms with Crippen molar-refractivity contribution in [2.24, 2.45) is 11.7 Å². The van der Waals surface area contributed by atoms with Gasteiger partial charge in [-0.2, -0.15) is 0 Å². The Morgan fingerprint density at radius 3 is 2.39 bits per heavy atom. The molecule has 0 heterocycles. The number of carbonyl (C=O) groups is 2. The summed E-state index contributed by atoms with van der Waals surface area (Å²) in [5.74, 6) is -1.35. The van der Waals surface area contributed by atoms with E-state index in [4.69, 9.17) is 22.1 Å². The molecule has 1 rings (SSSR count). The van der Waals surface area contributed by atoms with Crippen LogP contribution in [0.15, 0.2) is 23.1 Å². The smallest absolute Gasteiger partial charge is 0.410 e. The summed E-state index contributed by atoms with van der Waals surface area (Å²) in [6.07, 6.45) is -1.75. The molecule has 2 amide bonds. The summed E-state index contributed by atoms with van der Waals surface area (Å²) in [6, 6.07) is 1.87. The molecule has 33 heavy (non-hydrogen) atoms. The summed E-state index contributed by atoms with van der Waals surface area (Å²) in [5, 5.41) is 10.0. The number of hydrogen-bond acceptors (Lipinski definition) is 6. The van der Waals surface area contributed by atoms with Gasteiger partial charge in [-0.1, -0.05) is 25.4 Å². The zero-order valence-electron chi connectivity index (χ0n) is 19.5. The molecule has 188 valence electrons. The van der Waals surface area contributed by atoms with E-state index < -0.39 is 52.1 Å². The van der Waals surface area contributed by atoms with Crippen LogP contribution in [-0.2, 0) is 19.6 Å². The van der Waals surface area contributed by atoms with Crippen LogP contribution in [0.5, 0.6) is 0 Å². The number of nitrogens with zero attached hydrogens (tertiary/aromatic N) is 1. The second kappa shape index (κ2) is 12.0. The molecule has 0 radical (unpaired) electrons. The molecule has 2 atom stereocenters. The highest BCUT2D eigenvalue weighted by Crippen LogP contribution is 2.22. The number of nitrogens with two attached hydrogens (primary N) is 1. The molecule has 1 aromatic carbocycles. The monoisotopic (exact) mass is 509 g/mol. The number of sulfonamides is 1. The Morgan fingerprint density at radius 2 is 1.91 bits per heavy atom. The Balaban J connectivity index is 2.90. The van der Waals surface area contributed by atoms with Crippen molar-refractivity contribution in [2.45, 2.75) is 70.1 Å². The molecule has 0 saturated heterocycles. The third-order valence-electron chi connectivity index (χ3n) is 4.42. The molecule has 0 aliphatic rings. The van der Waals surface area contributed by atoms with Gasteiger partial charge in [0.25, 0.3) is 0 Å². The van der Waals surface area contributed by atoms with E-state index in [1.54, 1.807) is 20.8 Å². The van der Waals surface area contributed by atoms with Crippen LogP contribution in [0.4, 0.5) is 9.18 Å². The maximum atomic E-state index is 13.2. The molecule has 0 aliphatic carbocycles. The number of aliphatic hydroxyl groups excluding tert-OH is 1. The van der Waals surface area contributed by atoms with Gasteiger partial charge in [-0.05, 0) is 57.7 Å². The summed E-state index contributed by atoms with van der Waals surface area (Å²) in [4.78, 5) is 25.6. The van der Waals surface area contributed by atoms with Crippen LogP contribution < -0.4 is 10.5 Å². The largest absolute Gasteiger partial charge is 0.444 e. The molecule has 0 spiro atoms. The number of nitrogens with one attached hydrogen (secondary N) is 1. The Kier molecular flexibility index (Phi) is 10.5. The maximum absolute atomic E-state index is 13.2. The molecule has 0 aliphatic heterocycles. The summed E-state index contributed by atoms with van der Waals surface area (Å²) < 4.78 is 45.6. The molecule has 0 aromatic heterocycles. The molecule has 0 saturated carbocycles. The minimum Gasteiger partial charge on any atom is -0.444 e. The second-order valence-electron chi connectivity index (χ2n) is 9.09. The van der Waals surface area contributed by atoms with Gasteiger partial charge in [-0.25, -0.2) is 22.3 Å². The van der Waals surface area contributed by atoms with E-state index in [1.807, 2.05) is 13.8 Å². The lowest BCUT2D eigenvalue weighted by Gasteiger charge is -2.33. The zero-order valence-corrected chi connectivity index (χ0v) is 21.0. The highest BCUT2D eigenvalue weighted by atomic mass is 35.5. The second-order valence-corrected chi connectivity index (χ2v) is 11.2. The van der Waals surface area contributed by atoms with Crippen molar-refractivity contribution in [1.82, 2.24) is 9.62 Å². The van der Waals surface area contributed by atoms with Gasteiger partial charge in [0.1, 0.15) is 22.4 Å². The number of halogens is 2. The summed E-state index contributed by atoms with van der Waals surface area (Å²) in [7, 11) is -4.12. The van der Waals surface area contributed by atoms with Crippen molar-refractivity contribution in [1.29, 1.82) is 0 Å². The predicted molar refractivity (Wildman–Crippen MR) is 123 cm³/mol. The summed E-state index contributed by atoms with van der Waals surface area (Å²) in [6.45, 7) is 8.26. The quantitative estimate of drug-likeness (QED) is 0.419. The van der Waals surface area contributed by atoms with Gasteiger partial charge in [-0.15, -0.1) is 0 Å². The van der Waals surface area contributed by atoms with Gasteiger partial charge in [0.15, 0.2) is 0 Å². The lowest BCUT2D eigenvalue weighted by molar-refractivity contribution is -0.124. The average Bonchev–Trinajstić information content (AvgIpc) is 2.63. The van der Waals surface area contributed by atoms with Crippen molar-refractivity contribution < 1.29 is 32.2 Å². The Hall–Kier alpha value is -1.95. The van der Waals surface area contributed by atoms with Gasteiger partial charge in [0, 0.05) is 13.1 Å². The van der Waals surface area contributed by atoms with Crippen molar-refractivity contribution in [3.63, 3.8) is 0 Å². The van der Waals surface area contributed by atoms with E-state index in [1.165, 1.54) is 0 Å². The number of ether oxygens (including phenoxy) is 1. The first kappa shape index (κ1) is 29.1. The third kappa shape index (κ3) is 9.83. The number of primary amides is 1. The van der Waals surface area contributed by atoms with Crippen molar-refractivity contribution in [3.8, 4) is 0 Å². The number of aliphatic hydroxyl groups is 1. The third-order valence-corrected chi connectivity index (χ3v) is 6.33. The minimum atomic E-state index is -4.12. The lowest BCUT2D eigenvalue weighted by Crippen LogP contribution is -2.51. The highest BCUT2D eigenvalue weighted by molar-refractivity contribution is 7.89. The minimum absolute atomic E-state index is 0.0460. The Bertz CT molecular complexity index is 936. The van der Waals surface area contributed by atoms with Gasteiger partial charge in [0.05, 0.1) is 11.1 Å². The molecule has 0 unspecified atom stereocenters. The first-order chi connectivity index (χ1) is 15.0. The Morgan fingerprint density at radius 1 is 1.30 bits per heavy atom. The average molecular weight is 510 g/mol. The van der Waals surface area contributed by atoms with Crippen molar-refractivity contribution in [2.75, 3.05) is 13.1 Å². The molecule has 0 fully saturated rings. The summed E-state index contributed by atoms with van der Waals surface area (Å²) in [5.41, 5.74) is 4.70. The SMILES string of the molecule is CC(C)C[C@@H](C(N)=O)N(CC[C@H](O)CNS(=O)(=O)c1ccc(F)cc1Cl)C(=O)OC(C)(C)C. The fourth-order valence-corrected chi connectivity index (χ4v) is 4.51. The molecule has 9 nitrogen and oxygen atoms in total. The van der Waals surface area contributed by atoms with Crippen LogP contribution in [-0.4, -0.2) is 61.3 Å². The highest BCUT2D eigenvalue weighted by Gasteiger charge is 2.32. The maximum Gasteiger partial charge on any atom is 0.410 e. The van der Waals surface area contributed by atoms with Crippen LogP contribution in [0.1, 0.15) is 47.5 Å². The van der Waals surface area contributed by atoms with Crippen LogP contribution in [0.2, 0.25) is 5.02 Å². The lowest BCUT2D eigenvalue weighted by atomic mass is 10.0. The molecule has 4 N–H and O–H groups in total. The van der Waals surface area contributed by atoms with E-state index in [0.717, 1.165) is 23.1 Å². The Labute approximate surface area is 199 Å². The van der Waals surface area contributed by atoms with Gasteiger partial charge in [-0.3, -0.25) is 9.69 Å². The van der Waals surface area contributed by atoms with Crippen LogP contribution >= 0.6 is 11.6 Å². The van der Waals surface area contributed by atoms with E-state index >= 15 is 0 Å². The van der Waals surface area contributed by atoms with Gasteiger partial charge in [0.2, 0.25) is 15.9 Å². The standard InChI is InChI=1S/C21H33ClFN3O6S/c1-13(2)10-17(19(24)28)26(20(29)32-21(3,4)5)9-8-15(27)12-25-33(30,31)18-7-6-14(23)11-16(18)22/h6-7,11,13,15,17,25,27H,8-10,12H2,1-5H3,(H2,24,28)/t15-,17-/m0/s1. The molecule has 1 aromatic rings. The first-order valence-corrected chi connectivity index (χ1v) is 12.3. The molecular weight excluding hydrogens is 477 g/mol. The normalized spacial score (nSPS) is 14.1. The summed E-state index contributed by atoms with van der Waals surface area (Å²) >= 11 is 5.80. The number of hydrogen-bond donors (Lipinski definition) is 3. The van der Waals surface area contributed by atoms with Crippen molar-refractivity contribution >= 4 is 33.6 Å². The van der Waals surface area contributed by atoms with Crippen LogP contribution in [0.3, 0.4) is 0 Å². The fraction of sp³-hybridized carbons (Fsp3) is 0.619. The zero-order chi connectivity index (χ0) is 25.6. The fourth-order valence-electron chi connectivity index (χ4n) is 2.91. The molecular formula is C21H33ClFN3O6S. The topological polar surface area (TPSA) is 139 Å². The van der Waals surface area contributed by atoms with Crippen molar-refractivity contribution in [3.05, 3.63) is 29.0 Å². The van der Waals surface area contributed by atoms with Gasteiger partial charge >= 0.3 is 6.09 Å². The molecule has 12 heteroatoms. The van der Waals surface area contributed by atoms with Gasteiger partial charge < -0.3 is 15.6 Å². The van der Waals surface area contributed by atoms with Crippen LogP contribution in [0.25, 0.3) is 0 Å². The number of benzene rings is 1. The molecule has 0 bridgehead atoms. The van der Waals surface area contributed by atoms with E-state index in [0.29, 0.717) is 6.42 Å². The first-order valence-electron chi connectivity index (χ1n) is 10.4. The predicted octanol–water partition coefficient (Wildman–Crippen LogP) is 2.65. The number of rotatable bonds is 11. The number of carbonyl (C=O) groups excluding carboxylic acids is 2. The number of amides is 2.